The predicted molar refractivity (Wildman–Crippen MR) is 77.0 cm³/mol. The topological polar surface area (TPSA) is 17.1 Å². The highest BCUT2D eigenvalue weighted by atomic mass is 35.5. The molecule has 0 N–H and O–H groups in total. The maximum atomic E-state index is 14.0. The van der Waals surface area contributed by atoms with Crippen molar-refractivity contribution >= 4 is 51.6 Å². The molecule has 6 heteroatoms. The first-order valence-corrected chi connectivity index (χ1v) is 6.56. The third-order valence-electron chi connectivity index (χ3n) is 2.51. The molecule has 0 aliphatic carbocycles. The summed E-state index contributed by atoms with van der Waals surface area (Å²) in [6.45, 7) is 0. The van der Waals surface area contributed by atoms with E-state index in [1.165, 1.54) is 6.07 Å². The van der Waals surface area contributed by atoms with E-state index in [0.29, 0.717) is 10.6 Å². The van der Waals surface area contributed by atoms with Crippen molar-refractivity contribution in [1.82, 2.24) is 0 Å². The molecule has 0 amide bonds. The minimum absolute atomic E-state index is 0.0486. The lowest BCUT2D eigenvalue weighted by molar-refractivity contribution is 0.108. The van der Waals surface area contributed by atoms with Gasteiger partial charge in [0.1, 0.15) is 5.82 Å². The number of carbonyl (C=O) groups excluding carboxylic acids is 1. The van der Waals surface area contributed by atoms with Crippen molar-refractivity contribution in [2.75, 3.05) is 0 Å². The molecule has 0 aliphatic heterocycles. The molecular weight excluding hydrogens is 333 g/mol. The van der Waals surface area contributed by atoms with Gasteiger partial charge in [-0.15, -0.1) is 0 Å². The van der Waals surface area contributed by atoms with Crippen molar-refractivity contribution in [1.29, 1.82) is 0 Å². The Morgan fingerprint density at radius 3 is 2.32 bits per heavy atom. The second kappa shape index (κ2) is 5.68. The van der Waals surface area contributed by atoms with Crippen LogP contribution in [0.4, 0.5) is 4.39 Å². The van der Waals surface area contributed by atoms with E-state index in [0.717, 1.165) is 6.07 Å². The quantitative estimate of drug-likeness (QED) is 0.630. The molecule has 0 radical (unpaired) electrons. The molecule has 0 aliphatic rings. The van der Waals surface area contributed by atoms with Crippen LogP contribution in [-0.4, -0.2) is 5.24 Å². The zero-order valence-electron chi connectivity index (χ0n) is 9.18. The second-order valence-electron chi connectivity index (χ2n) is 3.69. The van der Waals surface area contributed by atoms with Crippen LogP contribution < -0.4 is 0 Å². The fraction of sp³-hybridized carbons (Fsp3) is 0. The molecule has 0 aromatic heterocycles. The van der Waals surface area contributed by atoms with Crippen LogP contribution in [0.2, 0.25) is 15.1 Å². The summed E-state index contributed by atoms with van der Waals surface area (Å²) in [5.41, 5.74) is 0.448. The average Bonchev–Trinajstić information content (AvgIpc) is 2.35. The Balaban J connectivity index is 2.67. The molecule has 0 unspecified atom stereocenters. The van der Waals surface area contributed by atoms with Crippen LogP contribution in [0.5, 0.6) is 0 Å². The van der Waals surface area contributed by atoms with Crippen molar-refractivity contribution in [2.45, 2.75) is 0 Å². The van der Waals surface area contributed by atoms with Gasteiger partial charge in [0, 0.05) is 11.1 Å². The van der Waals surface area contributed by atoms with E-state index < -0.39 is 11.1 Å². The van der Waals surface area contributed by atoms with Crippen molar-refractivity contribution in [2.24, 2.45) is 0 Å². The van der Waals surface area contributed by atoms with Gasteiger partial charge in [0.05, 0.1) is 20.6 Å². The van der Waals surface area contributed by atoms with Crippen LogP contribution in [0.15, 0.2) is 30.3 Å². The van der Waals surface area contributed by atoms with Gasteiger partial charge in [-0.1, -0.05) is 46.9 Å². The average molecular weight is 338 g/mol. The van der Waals surface area contributed by atoms with Crippen molar-refractivity contribution < 1.29 is 9.18 Å². The Labute approximate surface area is 128 Å². The summed E-state index contributed by atoms with van der Waals surface area (Å²) in [6.07, 6.45) is 0. The first kappa shape index (κ1) is 14.6. The van der Waals surface area contributed by atoms with E-state index in [2.05, 4.69) is 0 Å². The number of hydrogen-bond acceptors (Lipinski definition) is 1. The maximum absolute atomic E-state index is 14.0. The summed E-state index contributed by atoms with van der Waals surface area (Å²) in [7, 11) is 0. The van der Waals surface area contributed by atoms with Crippen LogP contribution in [0.25, 0.3) is 11.1 Å². The van der Waals surface area contributed by atoms with Crippen LogP contribution in [-0.2, 0) is 0 Å². The molecule has 2 aromatic carbocycles. The molecule has 2 rings (SSSR count). The lowest BCUT2D eigenvalue weighted by Gasteiger charge is -2.09. The Hall–Kier alpha value is -0.800. The first-order chi connectivity index (χ1) is 8.91. The fourth-order valence-electron chi connectivity index (χ4n) is 1.62. The van der Waals surface area contributed by atoms with Gasteiger partial charge in [-0.25, -0.2) is 4.39 Å². The van der Waals surface area contributed by atoms with Gasteiger partial charge in [-0.05, 0) is 29.8 Å². The van der Waals surface area contributed by atoms with Gasteiger partial charge in [-0.3, -0.25) is 4.79 Å². The summed E-state index contributed by atoms with van der Waals surface area (Å²) in [5.74, 6) is -0.655. The van der Waals surface area contributed by atoms with Crippen LogP contribution in [0.1, 0.15) is 10.4 Å². The number of hydrogen-bond donors (Lipinski definition) is 0. The van der Waals surface area contributed by atoms with Crippen LogP contribution in [0, 0.1) is 5.82 Å². The summed E-state index contributed by atoms with van der Waals surface area (Å²) < 4.78 is 14.0. The number of benzene rings is 2. The predicted octanol–water partition coefficient (Wildman–Crippen LogP) is 5.83. The monoisotopic (exact) mass is 336 g/mol. The van der Waals surface area contributed by atoms with E-state index in [9.17, 15) is 9.18 Å². The third kappa shape index (κ3) is 2.87. The standard InChI is InChI=1S/C13H5Cl4FO/c14-9-3-1-2-6(12(9)16)7-4-10(15)8(13(17)19)5-11(7)18/h1-5H. The summed E-state index contributed by atoms with van der Waals surface area (Å²) in [6, 6.07) is 7.10. The highest BCUT2D eigenvalue weighted by molar-refractivity contribution is 6.68. The summed E-state index contributed by atoms with van der Waals surface area (Å²) >= 11 is 23.1. The Bertz CT molecular complexity index is 670. The molecule has 98 valence electrons. The molecule has 0 heterocycles. The summed E-state index contributed by atoms with van der Waals surface area (Å²) in [4.78, 5) is 11.1. The SMILES string of the molecule is O=C(Cl)c1cc(F)c(-c2cccc(Cl)c2Cl)cc1Cl. The number of rotatable bonds is 2. The zero-order valence-corrected chi connectivity index (χ0v) is 12.2. The zero-order chi connectivity index (χ0) is 14.2. The minimum atomic E-state index is -0.826. The Kier molecular flexibility index (Phi) is 4.36. The smallest absolute Gasteiger partial charge is 0.253 e. The van der Waals surface area contributed by atoms with Gasteiger partial charge in [-0.2, -0.15) is 0 Å². The second-order valence-corrected chi connectivity index (χ2v) is 5.22. The molecule has 0 saturated carbocycles. The Morgan fingerprint density at radius 1 is 1.00 bits per heavy atom. The largest absolute Gasteiger partial charge is 0.276 e. The van der Waals surface area contributed by atoms with Gasteiger partial charge >= 0.3 is 0 Å². The van der Waals surface area contributed by atoms with Crippen LogP contribution >= 0.6 is 46.4 Å². The Morgan fingerprint density at radius 2 is 1.68 bits per heavy atom. The highest BCUT2D eigenvalue weighted by Gasteiger charge is 2.16. The molecule has 0 spiro atoms. The van der Waals surface area contributed by atoms with Gasteiger partial charge in [0.25, 0.3) is 5.24 Å². The highest BCUT2D eigenvalue weighted by Crippen LogP contribution is 2.37. The molecule has 0 atom stereocenters. The van der Waals surface area contributed by atoms with E-state index >= 15 is 0 Å². The number of carbonyl (C=O) groups is 1. The maximum Gasteiger partial charge on any atom is 0.253 e. The van der Waals surface area contributed by atoms with E-state index in [-0.39, 0.29) is 21.2 Å². The molecule has 0 saturated heterocycles. The molecule has 1 nitrogen and oxygen atoms in total. The van der Waals surface area contributed by atoms with Gasteiger partial charge in [0.2, 0.25) is 0 Å². The van der Waals surface area contributed by atoms with E-state index in [1.807, 2.05) is 0 Å². The van der Waals surface area contributed by atoms with Crippen molar-refractivity contribution in [3.63, 3.8) is 0 Å². The molecule has 19 heavy (non-hydrogen) atoms. The molecule has 2 aromatic rings. The van der Waals surface area contributed by atoms with Crippen LogP contribution in [0.3, 0.4) is 0 Å². The van der Waals surface area contributed by atoms with Crippen molar-refractivity contribution in [3.8, 4) is 11.1 Å². The van der Waals surface area contributed by atoms with Gasteiger partial charge in [0.15, 0.2) is 0 Å². The van der Waals surface area contributed by atoms with E-state index in [4.69, 9.17) is 46.4 Å². The minimum Gasteiger partial charge on any atom is -0.276 e. The molecule has 0 bridgehead atoms. The van der Waals surface area contributed by atoms with Gasteiger partial charge < -0.3 is 0 Å². The first-order valence-electron chi connectivity index (χ1n) is 5.05. The normalized spacial score (nSPS) is 10.6. The summed E-state index contributed by atoms with van der Waals surface area (Å²) in [5, 5.41) is -0.267. The molecular formula is C13H5Cl4FO. The lowest BCUT2D eigenvalue weighted by Crippen LogP contribution is -1.95. The molecule has 0 fully saturated rings. The third-order valence-corrected chi connectivity index (χ3v) is 3.85. The van der Waals surface area contributed by atoms with E-state index in [1.54, 1.807) is 18.2 Å². The fourth-order valence-corrected chi connectivity index (χ4v) is 2.47. The lowest BCUT2D eigenvalue weighted by atomic mass is 10.0. The van der Waals surface area contributed by atoms with Crippen molar-refractivity contribution in [3.05, 3.63) is 56.8 Å². The number of halogens is 5.